The van der Waals surface area contributed by atoms with Crippen molar-refractivity contribution in [3.8, 4) is 0 Å². The predicted molar refractivity (Wildman–Crippen MR) is 156 cm³/mol. The van der Waals surface area contributed by atoms with Crippen LogP contribution in [0, 0.1) is 13.8 Å². The van der Waals surface area contributed by atoms with Crippen LogP contribution in [0.25, 0.3) is 0 Å². The van der Waals surface area contributed by atoms with Gasteiger partial charge in [-0.15, -0.1) is 0 Å². The number of halogens is 1. The lowest BCUT2D eigenvalue weighted by Gasteiger charge is -2.45. The van der Waals surface area contributed by atoms with Crippen LogP contribution >= 0.6 is 15.9 Å². The Hall–Kier alpha value is -2.74. The van der Waals surface area contributed by atoms with Crippen molar-refractivity contribution in [1.82, 2.24) is 24.9 Å². The Morgan fingerprint density at radius 3 is 2.32 bits per heavy atom. The molecular formula is C31H38BrN5O. The minimum Gasteiger partial charge on any atom is -0.383 e. The zero-order chi connectivity index (χ0) is 26.9. The molecule has 0 spiro atoms. The lowest BCUT2D eigenvalue weighted by molar-refractivity contribution is 0.0964. The Kier molecular flexibility index (Phi) is 7.89. The van der Waals surface area contributed by atoms with Gasteiger partial charge in [0.15, 0.2) is 0 Å². The van der Waals surface area contributed by atoms with Crippen LogP contribution in [0.5, 0.6) is 0 Å². The molecule has 1 N–H and O–H groups in total. The van der Waals surface area contributed by atoms with Gasteiger partial charge >= 0.3 is 0 Å². The highest BCUT2D eigenvalue weighted by molar-refractivity contribution is 9.10. The van der Waals surface area contributed by atoms with Crippen molar-refractivity contribution < 1.29 is 4.74 Å². The summed E-state index contributed by atoms with van der Waals surface area (Å²) >= 11 is 3.70. The van der Waals surface area contributed by atoms with E-state index in [9.17, 15) is 0 Å². The van der Waals surface area contributed by atoms with Gasteiger partial charge in [-0.1, -0.05) is 34.1 Å². The molecule has 0 saturated carbocycles. The van der Waals surface area contributed by atoms with E-state index >= 15 is 0 Å². The normalized spacial score (nSPS) is 19.1. The minimum absolute atomic E-state index is 0.0570. The molecule has 0 radical (unpaired) electrons. The molecule has 0 amide bonds. The quantitative estimate of drug-likeness (QED) is 0.268. The first kappa shape index (κ1) is 26.9. The van der Waals surface area contributed by atoms with Crippen LogP contribution in [0.1, 0.15) is 64.4 Å². The number of nitrogens with zero attached hydrogens (tertiary/aromatic N) is 4. The maximum absolute atomic E-state index is 5.93. The number of hydrogen-bond donors (Lipinski definition) is 1. The summed E-state index contributed by atoms with van der Waals surface area (Å²) in [5.41, 5.74) is 10.2. The number of benzene rings is 2. The third kappa shape index (κ3) is 5.37. The average Bonchev–Trinajstić information content (AvgIpc) is 3.53. The van der Waals surface area contributed by atoms with Crippen LogP contribution in [0.15, 0.2) is 59.6 Å². The fourth-order valence-corrected chi connectivity index (χ4v) is 6.86. The molecule has 38 heavy (non-hydrogen) atoms. The van der Waals surface area contributed by atoms with Crippen molar-refractivity contribution in [1.29, 1.82) is 0 Å². The van der Waals surface area contributed by atoms with E-state index in [1.807, 2.05) is 28.9 Å². The van der Waals surface area contributed by atoms with E-state index < -0.39 is 0 Å². The molecule has 200 valence electrons. The molecule has 0 aliphatic carbocycles. The number of rotatable bonds is 9. The molecule has 6 nitrogen and oxygen atoms in total. The second kappa shape index (κ2) is 11.2. The molecule has 1 aliphatic heterocycles. The van der Waals surface area contributed by atoms with Crippen LogP contribution in [0.4, 0.5) is 0 Å². The predicted octanol–water partition coefficient (Wildman–Crippen LogP) is 5.95. The van der Waals surface area contributed by atoms with E-state index in [4.69, 9.17) is 4.74 Å². The summed E-state index contributed by atoms with van der Waals surface area (Å²) in [5, 5.41) is 13.2. The van der Waals surface area contributed by atoms with Crippen LogP contribution in [-0.2, 0) is 37.1 Å². The Morgan fingerprint density at radius 2 is 1.68 bits per heavy atom. The highest BCUT2D eigenvalue weighted by Gasteiger charge is 2.41. The molecule has 3 heterocycles. The maximum Gasteiger partial charge on any atom is 0.0651 e. The van der Waals surface area contributed by atoms with Gasteiger partial charge in [0.25, 0.3) is 0 Å². The van der Waals surface area contributed by atoms with Gasteiger partial charge in [-0.3, -0.25) is 14.7 Å². The van der Waals surface area contributed by atoms with Gasteiger partial charge in [-0.25, -0.2) is 0 Å². The zero-order valence-corrected chi connectivity index (χ0v) is 24.7. The Morgan fingerprint density at radius 1 is 1.03 bits per heavy atom. The molecular weight excluding hydrogens is 538 g/mol. The summed E-state index contributed by atoms with van der Waals surface area (Å²) in [7, 11) is 1.81. The lowest BCUT2D eigenvalue weighted by atomic mass is 9.74. The number of aromatic nitrogens is 4. The van der Waals surface area contributed by atoms with Crippen molar-refractivity contribution in [2.75, 3.05) is 13.7 Å². The third-order valence-electron chi connectivity index (χ3n) is 7.81. The van der Waals surface area contributed by atoms with E-state index in [0.717, 1.165) is 36.8 Å². The van der Waals surface area contributed by atoms with E-state index in [1.54, 1.807) is 0 Å². The summed E-state index contributed by atoms with van der Waals surface area (Å²) in [6, 6.07) is 11.3. The van der Waals surface area contributed by atoms with E-state index in [0.29, 0.717) is 6.61 Å². The number of ether oxygens (including phenoxy) is 1. The van der Waals surface area contributed by atoms with Crippen LogP contribution < -0.4 is 5.32 Å². The number of hydrogen-bond acceptors (Lipinski definition) is 4. The number of nitrogens with one attached hydrogen (secondary N) is 1. The van der Waals surface area contributed by atoms with Crippen molar-refractivity contribution in [3.05, 3.63) is 104 Å². The lowest BCUT2D eigenvalue weighted by Crippen LogP contribution is -2.57. The Balaban J connectivity index is 1.64. The smallest absolute Gasteiger partial charge is 0.0651 e. The average molecular weight is 577 g/mol. The van der Waals surface area contributed by atoms with Crippen molar-refractivity contribution >= 4 is 15.9 Å². The summed E-state index contributed by atoms with van der Waals surface area (Å²) in [4.78, 5) is 0. The summed E-state index contributed by atoms with van der Waals surface area (Å²) < 4.78 is 11.1. The summed E-state index contributed by atoms with van der Waals surface area (Å²) in [5.74, 6) is 0. The maximum atomic E-state index is 5.93. The minimum atomic E-state index is -0.274. The van der Waals surface area contributed by atoms with E-state index in [2.05, 4.69) is 102 Å². The van der Waals surface area contributed by atoms with Crippen molar-refractivity contribution in [2.24, 2.45) is 0 Å². The molecule has 2 aromatic heterocycles. The topological polar surface area (TPSA) is 56.9 Å². The Bertz CT molecular complexity index is 1400. The largest absolute Gasteiger partial charge is 0.383 e. The first-order valence-electron chi connectivity index (χ1n) is 13.5. The molecule has 1 aliphatic rings. The highest BCUT2D eigenvalue weighted by atomic mass is 79.9. The van der Waals surface area contributed by atoms with Crippen molar-refractivity contribution in [3.63, 3.8) is 0 Å². The van der Waals surface area contributed by atoms with E-state index in [-0.39, 0.29) is 11.6 Å². The number of fused-ring (bicyclic) bond motifs is 1. The molecule has 4 aromatic rings. The first-order chi connectivity index (χ1) is 18.3. The molecule has 5 rings (SSSR count). The van der Waals surface area contributed by atoms with Gasteiger partial charge in [-0.2, -0.15) is 10.2 Å². The van der Waals surface area contributed by atoms with Gasteiger partial charge in [0.1, 0.15) is 0 Å². The second-order valence-corrected chi connectivity index (χ2v) is 11.6. The van der Waals surface area contributed by atoms with Crippen LogP contribution in [0.2, 0.25) is 0 Å². The van der Waals surface area contributed by atoms with Crippen LogP contribution in [-0.4, -0.2) is 38.8 Å². The van der Waals surface area contributed by atoms with Crippen molar-refractivity contribution in [2.45, 2.75) is 71.6 Å². The van der Waals surface area contributed by atoms with Gasteiger partial charge < -0.3 is 4.74 Å². The number of aryl methyl sites for hydroxylation is 4. The number of methoxy groups -OCH3 is 1. The molecule has 0 bridgehead atoms. The fraction of sp³-hybridized carbons (Fsp3) is 0.419. The molecule has 0 saturated heterocycles. The molecule has 7 heteroatoms. The summed E-state index contributed by atoms with van der Waals surface area (Å²) in [6.45, 7) is 11.0. The van der Waals surface area contributed by atoms with Gasteiger partial charge in [0, 0.05) is 43.5 Å². The van der Waals surface area contributed by atoms with Gasteiger partial charge in [0.2, 0.25) is 0 Å². The Labute approximate surface area is 234 Å². The molecule has 2 unspecified atom stereocenters. The third-order valence-corrected chi connectivity index (χ3v) is 8.27. The standard InChI is InChI=1S/C31H38BrN5O/c1-6-36-18-23(16-33-36)13-25-9-8-10-27-28(25)15-31(20-38-5,14-24-17-34-37(7-2)19-24)35-30(27)29-21(3)11-26(32)12-22(29)4/h8-12,16-19,30,35H,6-7,13-15,20H2,1-5H3. The SMILES string of the molecule is CCn1cc(Cc2cccc3c2CC(COC)(Cc2cnn(CC)c2)NC3c2c(C)cc(Br)cc2C)cn1. The van der Waals surface area contributed by atoms with Crippen LogP contribution in [0.3, 0.4) is 0 Å². The fourth-order valence-electron chi connectivity index (χ4n) is 6.17. The summed E-state index contributed by atoms with van der Waals surface area (Å²) in [6.07, 6.45) is 10.9. The van der Waals surface area contributed by atoms with E-state index in [1.165, 1.54) is 44.5 Å². The first-order valence-corrected chi connectivity index (χ1v) is 14.3. The second-order valence-electron chi connectivity index (χ2n) is 10.7. The monoisotopic (exact) mass is 575 g/mol. The molecule has 2 aromatic carbocycles. The molecule has 2 atom stereocenters. The highest BCUT2D eigenvalue weighted by Crippen LogP contribution is 2.41. The zero-order valence-electron chi connectivity index (χ0n) is 23.1. The van der Waals surface area contributed by atoms with Gasteiger partial charge in [0.05, 0.1) is 30.6 Å². The molecule has 0 fully saturated rings. The van der Waals surface area contributed by atoms with Gasteiger partial charge in [-0.05, 0) is 97.2 Å².